The van der Waals surface area contributed by atoms with Crippen LogP contribution in [0.2, 0.25) is 0 Å². The van der Waals surface area contributed by atoms with Crippen LogP contribution in [-0.4, -0.2) is 19.3 Å². The SMILES string of the molecule is C[C@@H](N)CCc1cc(Br)c2c(c1)OCCO2. The quantitative estimate of drug-likeness (QED) is 0.928. The smallest absolute Gasteiger partial charge is 0.175 e. The lowest BCUT2D eigenvalue weighted by molar-refractivity contribution is 0.170. The minimum Gasteiger partial charge on any atom is -0.486 e. The molecular formula is C12H16BrNO2. The Bertz CT molecular complexity index is 380. The van der Waals surface area contributed by atoms with Gasteiger partial charge in [0.1, 0.15) is 13.2 Å². The minimum absolute atomic E-state index is 0.229. The van der Waals surface area contributed by atoms with Crippen LogP contribution in [0.3, 0.4) is 0 Å². The van der Waals surface area contributed by atoms with Crippen LogP contribution in [0.1, 0.15) is 18.9 Å². The van der Waals surface area contributed by atoms with E-state index in [9.17, 15) is 0 Å². The normalized spacial score (nSPS) is 15.9. The summed E-state index contributed by atoms with van der Waals surface area (Å²) in [6.07, 6.45) is 1.94. The summed E-state index contributed by atoms with van der Waals surface area (Å²) in [6, 6.07) is 4.35. The van der Waals surface area contributed by atoms with Crippen LogP contribution in [0.15, 0.2) is 16.6 Å². The van der Waals surface area contributed by atoms with Crippen LogP contribution in [0, 0.1) is 0 Å². The summed E-state index contributed by atoms with van der Waals surface area (Å²) in [6.45, 7) is 3.26. The van der Waals surface area contributed by atoms with Crippen LogP contribution in [0.5, 0.6) is 11.5 Å². The number of hydrogen-bond donors (Lipinski definition) is 1. The van der Waals surface area contributed by atoms with Crippen LogP contribution in [0.25, 0.3) is 0 Å². The van der Waals surface area contributed by atoms with Crippen molar-refractivity contribution in [3.63, 3.8) is 0 Å². The molecule has 0 bridgehead atoms. The van der Waals surface area contributed by atoms with Crippen molar-refractivity contribution in [2.45, 2.75) is 25.8 Å². The van der Waals surface area contributed by atoms with E-state index in [4.69, 9.17) is 15.2 Å². The van der Waals surface area contributed by atoms with Crippen molar-refractivity contribution < 1.29 is 9.47 Å². The maximum atomic E-state index is 5.75. The van der Waals surface area contributed by atoms with Crippen LogP contribution in [-0.2, 0) is 6.42 Å². The fraction of sp³-hybridized carbons (Fsp3) is 0.500. The van der Waals surface area contributed by atoms with E-state index in [1.807, 2.05) is 13.0 Å². The first-order valence-electron chi connectivity index (χ1n) is 5.50. The van der Waals surface area contributed by atoms with Gasteiger partial charge >= 0.3 is 0 Å². The number of hydrogen-bond acceptors (Lipinski definition) is 3. The first kappa shape index (κ1) is 11.7. The third-order valence-electron chi connectivity index (χ3n) is 2.54. The lowest BCUT2D eigenvalue weighted by atomic mass is 10.1. The van der Waals surface area contributed by atoms with Crippen molar-refractivity contribution in [1.82, 2.24) is 0 Å². The molecule has 1 heterocycles. The van der Waals surface area contributed by atoms with Gasteiger partial charge in [-0.1, -0.05) is 0 Å². The molecule has 0 radical (unpaired) electrons. The second-order valence-corrected chi connectivity index (χ2v) is 4.97. The van der Waals surface area contributed by atoms with Crippen LogP contribution in [0.4, 0.5) is 0 Å². The summed E-state index contributed by atoms with van der Waals surface area (Å²) in [5.41, 5.74) is 6.98. The van der Waals surface area contributed by atoms with Gasteiger partial charge in [0.25, 0.3) is 0 Å². The van der Waals surface area contributed by atoms with Gasteiger partial charge in [-0.2, -0.15) is 0 Å². The van der Waals surface area contributed by atoms with E-state index in [0.29, 0.717) is 13.2 Å². The van der Waals surface area contributed by atoms with E-state index in [2.05, 4.69) is 22.0 Å². The van der Waals surface area contributed by atoms with Gasteiger partial charge in [-0.25, -0.2) is 0 Å². The monoisotopic (exact) mass is 285 g/mol. The molecule has 0 aliphatic carbocycles. The van der Waals surface area contributed by atoms with E-state index in [-0.39, 0.29) is 6.04 Å². The topological polar surface area (TPSA) is 44.5 Å². The lowest BCUT2D eigenvalue weighted by Gasteiger charge is -2.20. The van der Waals surface area contributed by atoms with E-state index in [1.54, 1.807) is 0 Å². The molecule has 0 saturated heterocycles. The highest BCUT2D eigenvalue weighted by molar-refractivity contribution is 9.10. The van der Waals surface area contributed by atoms with Crippen molar-refractivity contribution in [2.24, 2.45) is 5.73 Å². The number of benzene rings is 1. The molecule has 0 spiro atoms. The lowest BCUT2D eigenvalue weighted by Crippen LogP contribution is -2.17. The van der Waals surface area contributed by atoms with E-state index >= 15 is 0 Å². The molecular weight excluding hydrogens is 270 g/mol. The Hall–Kier alpha value is -0.740. The Balaban J connectivity index is 2.18. The van der Waals surface area contributed by atoms with Gasteiger partial charge in [0, 0.05) is 6.04 Å². The van der Waals surface area contributed by atoms with Crippen LogP contribution >= 0.6 is 15.9 Å². The number of rotatable bonds is 3. The largest absolute Gasteiger partial charge is 0.486 e. The van der Waals surface area contributed by atoms with Gasteiger partial charge in [-0.15, -0.1) is 0 Å². The minimum atomic E-state index is 0.229. The standard InChI is InChI=1S/C12H16BrNO2/c1-8(14)2-3-9-6-10(13)12-11(7-9)15-4-5-16-12/h6-8H,2-5,14H2,1H3/t8-/m1/s1. The van der Waals surface area contributed by atoms with Crippen molar-refractivity contribution in [2.75, 3.05) is 13.2 Å². The molecule has 0 saturated carbocycles. The second-order valence-electron chi connectivity index (χ2n) is 4.12. The summed E-state index contributed by atoms with van der Waals surface area (Å²) in [5.74, 6) is 1.65. The molecule has 1 aromatic rings. The fourth-order valence-electron chi connectivity index (χ4n) is 1.70. The Morgan fingerprint density at radius 2 is 2.12 bits per heavy atom. The number of ether oxygens (including phenoxy) is 2. The summed E-state index contributed by atoms with van der Waals surface area (Å²) >= 11 is 3.50. The Labute approximate surface area is 104 Å². The van der Waals surface area contributed by atoms with Gasteiger partial charge in [-0.05, 0) is 53.4 Å². The van der Waals surface area contributed by atoms with Gasteiger partial charge in [0.05, 0.1) is 4.47 Å². The molecule has 0 fully saturated rings. The van der Waals surface area contributed by atoms with Crippen molar-refractivity contribution >= 4 is 15.9 Å². The highest BCUT2D eigenvalue weighted by Crippen LogP contribution is 2.38. The average Bonchev–Trinajstić information content (AvgIpc) is 2.26. The Morgan fingerprint density at radius 1 is 1.38 bits per heavy atom. The summed E-state index contributed by atoms with van der Waals surface area (Å²) in [4.78, 5) is 0. The van der Waals surface area contributed by atoms with E-state index in [1.165, 1.54) is 5.56 Å². The van der Waals surface area contributed by atoms with Crippen LogP contribution < -0.4 is 15.2 Å². The van der Waals surface area contributed by atoms with Crippen molar-refractivity contribution in [3.8, 4) is 11.5 Å². The summed E-state index contributed by atoms with van der Waals surface area (Å²) in [7, 11) is 0. The average molecular weight is 286 g/mol. The Kier molecular flexibility index (Phi) is 3.71. The zero-order valence-corrected chi connectivity index (χ0v) is 10.9. The maximum absolute atomic E-state index is 5.75. The molecule has 2 N–H and O–H groups in total. The first-order valence-corrected chi connectivity index (χ1v) is 6.29. The third kappa shape index (κ3) is 2.68. The van der Waals surface area contributed by atoms with Crippen molar-refractivity contribution in [1.29, 1.82) is 0 Å². The van der Waals surface area contributed by atoms with Gasteiger partial charge < -0.3 is 15.2 Å². The predicted molar refractivity (Wildman–Crippen MR) is 67.1 cm³/mol. The molecule has 1 atom stereocenters. The highest BCUT2D eigenvalue weighted by Gasteiger charge is 2.16. The van der Waals surface area contributed by atoms with E-state index in [0.717, 1.165) is 28.8 Å². The molecule has 1 aliphatic rings. The third-order valence-corrected chi connectivity index (χ3v) is 3.13. The predicted octanol–water partition coefficient (Wildman–Crippen LogP) is 2.50. The van der Waals surface area contributed by atoms with Crippen molar-refractivity contribution in [3.05, 3.63) is 22.2 Å². The number of aryl methyl sites for hydroxylation is 1. The molecule has 1 aliphatic heterocycles. The maximum Gasteiger partial charge on any atom is 0.175 e. The number of nitrogens with two attached hydrogens (primary N) is 1. The van der Waals surface area contributed by atoms with Gasteiger partial charge in [-0.3, -0.25) is 0 Å². The summed E-state index contributed by atoms with van der Waals surface area (Å²) in [5, 5.41) is 0. The molecule has 3 nitrogen and oxygen atoms in total. The molecule has 4 heteroatoms. The Morgan fingerprint density at radius 3 is 2.88 bits per heavy atom. The second kappa shape index (κ2) is 5.06. The fourth-order valence-corrected chi connectivity index (χ4v) is 2.31. The molecule has 0 unspecified atom stereocenters. The molecule has 88 valence electrons. The summed E-state index contributed by atoms with van der Waals surface area (Å²) < 4.78 is 12.1. The molecule has 0 amide bonds. The van der Waals surface area contributed by atoms with Gasteiger partial charge in [0.2, 0.25) is 0 Å². The molecule has 16 heavy (non-hydrogen) atoms. The molecule has 1 aromatic carbocycles. The number of halogens is 1. The van der Waals surface area contributed by atoms with E-state index < -0.39 is 0 Å². The zero-order valence-electron chi connectivity index (χ0n) is 9.33. The first-order chi connectivity index (χ1) is 7.66. The van der Waals surface area contributed by atoms with Gasteiger partial charge in [0.15, 0.2) is 11.5 Å². The molecule has 0 aromatic heterocycles. The zero-order chi connectivity index (χ0) is 11.5. The molecule has 2 rings (SSSR count). The number of fused-ring (bicyclic) bond motifs is 1. The highest BCUT2D eigenvalue weighted by atomic mass is 79.9.